The van der Waals surface area contributed by atoms with E-state index in [1.165, 1.54) is 11.8 Å². The molecule has 3 heterocycles. The van der Waals surface area contributed by atoms with Gasteiger partial charge in [-0.1, -0.05) is 11.8 Å². The average molecular weight is 368 g/mol. The van der Waals surface area contributed by atoms with Gasteiger partial charge in [-0.2, -0.15) is 0 Å². The number of hydrogen-bond donors (Lipinski definition) is 1. The van der Waals surface area contributed by atoms with Gasteiger partial charge in [-0.25, -0.2) is 0 Å². The zero-order valence-electron chi connectivity index (χ0n) is 15.4. The van der Waals surface area contributed by atoms with Gasteiger partial charge >= 0.3 is 0 Å². The Morgan fingerprint density at radius 2 is 2.20 bits per heavy atom. The van der Waals surface area contributed by atoms with Crippen LogP contribution in [0.5, 0.6) is 0 Å². The zero-order valence-corrected chi connectivity index (χ0v) is 16.2. The molecule has 0 aromatic carbocycles. The number of carbonyl (C=O) groups is 1. The second-order valence-electron chi connectivity index (χ2n) is 7.41. The smallest absolute Gasteiger partial charge is 0.230 e. The van der Waals surface area contributed by atoms with E-state index in [-0.39, 0.29) is 17.6 Å². The molecule has 1 aromatic rings. The normalized spacial score (nSPS) is 23.4. The summed E-state index contributed by atoms with van der Waals surface area (Å²) in [5.41, 5.74) is 0.0498. The first-order chi connectivity index (χ1) is 12.0. The molecular formula is C17H29N5O2S. The maximum absolute atomic E-state index is 12.0. The van der Waals surface area contributed by atoms with Crippen LogP contribution in [0.15, 0.2) is 11.5 Å². The number of hydrogen-bond acceptors (Lipinski definition) is 6. The summed E-state index contributed by atoms with van der Waals surface area (Å²) >= 11 is 1.40. The molecule has 0 aliphatic carbocycles. The number of aryl methyl sites for hydroxylation is 1. The number of likely N-dealkylation sites (tertiary alicyclic amines) is 1. The summed E-state index contributed by atoms with van der Waals surface area (Å²) in [6.07, 6.45) is 6.16. The quantitative estimate of drug-likeness (QED) is 0.767. The van der Waals surface area contributed by atoms with Gasteiger partial charge in [0.15, 0.2) is 5.16 Å². The maximum Gasteiger partial charge on any atom is 0.230 e. The number of ether oxygens (including phenoxy) is 1. The Balaban J connectivity index is 1.37. The van der Waals surface area contributed by atoms with Gasteiger partial charge in [0, 0.05) is 32.7 Å². The molecule has 2 aliphatic heterocycles. The van der Waals surface area contributed by atoms with Crippen molar-refractivity contribution in [3.63, 3.8) is 0 Å². The number of amides is 1. The second kappa shape index (κ2) is 8.05. The van der Waals surface area contributed by atoms with Gasteiger partial charge in [0.2, 0.25) is 5.91 Å². The van der Waals surface area contributed by atoms with Gasteiger partial charge in [-0.15, -0.1) is 10.2 Å². The average Bonchev–Trinajstić information content (AvgIpc) is 3.18. The Hall–Kier alpha value is -1.12. The Labute approximate surface area is 153 Å². The van der Waals surface area contributed by atoms with Crippen molar-refractivity contribution in [2.45, 2.75) is 62.4 Å². The number of thioether (sulfide) groups is 1. The molecule has 0 unspecified atom stereocenters. The standard InChI is InChI=1S/C17H29N5O2S/c1-13(2)22-8-6-17(7-9-22)5-4-14(24-17)10-18-15(23)11-25-16-20-19-12-21(16)3/h12-14H,4-11H2,1-3H3,(H,18,23)/t14-/m0/s1. The second-order valence-corrected chi connectivity index (χ2v) is 8.35. The molecule has 2 fully saturated rings. The summed E-state index contributed by atoms with van der Waals surface area (Å²) in [4.78, 5) is 14.6. The highest BCUT2D eigenvalue weighted by atomic mass is 32.2. The Morgan fingerprint density at radius 1 is 1.44 bits per heavy atom. The largest absolute Gasteiger partial charge is 0.370 e. The number of aromatic nitrogens is 3. The lowest BCUT2D eigenvalue weighted by molar-refractivity contribution is -0.120. The van der Waals surface area contributed by atoms with Crippen LogP contribution in [0.1, 0.15) is 39.5 Å². The van der Waals surface area contributed by atoms with E-state index in [0.29, 0.717) is 18.3 Å². The van der Waals surface area contributed by atoms with Crippen molar-refractivity contribution in [3.8, 4) is 0 Å². The number of nitrogens with one attached hydrogen (secondary N) is 1. The highest BCUT2D eigenvalue weighted by Gasteiger charge is 2.42. The summed E-state index contributed by atoms with van der Waals surface area (Å²) in [6.45, 7) is 7.35. The molecule has 0 bridgehead atoms. The van der Waals surface area contributed by atoms with Crippen molar-refractivity contribution in [2.75, 3.05) is 25.4 Å². The van der Waals surface area contributed by atoms with Gasteiger partial charge in [0.25, 0.3) is 0 Å². The van der Waals surface area contributed by atoms with Crippen molar-refractivity contribution in [3.05, 3.63) is 6.33 Å². The van der Waals surface area contributed by atoms with Crippen molar-refractivity contribution in [1.82, 2.24) is 25.0 Å². The van der Waals surface area contributed by atoms with Crippen LogP contribution in [0.4, 0.5) is 0 Å². The van der Waals surface area contributed by atoms with E-state index in [2.05, 4.69) is 34.3 Å². The molecule has 2 saturated heterocycles. The van der Waals surface area contributed by atoms with Crippen LogP contribution in [-0.2, 0) is 16.6 Å². The monoisotopic (exact) mass is 367 g/mol. The van der Waals surface area contributed by atoms with Gasteiger partial charge in [0.05, 0.1) is 17.5 Å². The minimum atomic E-state index is 0.0205. The lowest BCUT2D eigenvalue weighted by Crippen LogP contribution is -2.47. The van der Waals surface area contributed by atoms with Crippen molar-refractivity contribution in [1.29, 1.82) is 0 Å². The molecule has 1 atom stereocenters. The minimum absolute atomic E-state index is 0.0205. The van der Waals surface area contributed by atoms with E-state index in [1.807, 2.05) is 11.6 Å². The summed E-state index contributed by atoms with van der Waals surface area (Å²) in [5.74, 6) is 0.375. The molecule has 2 aliphatic rings. The number of piperidine rings is 1. The number of carbonyl (C=O) groups excluding carboxylic acids is 1. The van der Waals surface area contributed by atoms with Gasteiger partial charge in [0.1, 0.15) is 6.33 Å². The van der Waals surface area contributed by atoms with E-state index in [0.717, 1.165) is 43.9 Å². The van der Waals surface area contributed by atoms with Crippen LogP contribution in [-0.4, -0.2) is 68.7 Å². The zero-order chi connectivity index (χ0) is 17.9. The van der Waals surface area contributed by atoms with E-state index in [9.17, 15) is 4.79 Å². The van der Waals surface area contributed by atoms with Gasteiger partial charge < -0.3 is 19.5 Å². The lowest BCUT2D eigenvalue weighted by atomic mass is 9.88. The summed E-state index contributed by atoms with van der Waals surface area (Å²) in [6, 6.07) is 0.611. The van der Waals surface area contributed by atoms with Crippen LogP contribution in [0.3, 0.4) is 0 Å². The first kappa shape index (κ1) is 18.7. The summed E-state index contributed by atoms with van der Waals surface area (Å²) < 4.78 is 8.17. The molecule has 7 nitrogen and oxygen atoms in total. The lowest BCUT2D eigenvalue weighted by Gasteiger charge is -2.40. The molecule has 0 saturated carbocycles. The predicted molar refractivity (Wildman–Crippen MR) is 97.5 cm³/mol. The summed E-state index contributed by atoms with van der Waals surface area (Å²) in [7, 11) is 1.87. The fraction of sp³-hybridized carbons (Fsp3) is 0.824. The molecule has 25 heavy (non-hydrogen) atoms. The van der Waals surface area contributed by atoms with Gasteiger partial charge in [-0.3, -0.25) is 4.79 Å². The van der Waals surface area contributed by atoms with E-state index < -0.39 is 0 Å². The van der Waals surface area contributed by atoms with Crippen LogP contribution in [0.25, 0.3) is 0 Å². The third kappa shape index (κ3) is 4.74. The Kier molecular flexibility index (Phi) is 6.01. The fourth-order valence-corrected chi connectivity index (χ4v) is 4.38. The molecule has 1 spiro atoms. The molecule has 8 heteroatoms. The van der Waals surface area contributed by atoms with Crippen molar-refractivity contribution < 1.29 is 9.53 Å². The van der Waals surface area contributed by atoms with Crippen LogP contribution >= 0.6 is 11.8 Å². The highest BCUT2D eigenvalue weighted by Crippen LogP contribution is 2.39. The SMILES string of the molecule is CC(C)N1CCC2(CC[C@@H](CNC(=O)CSc3nncn3C)O2)CC1. The van der Waals surface area contributed by atoms with Crippen molar-refractivity contribution >= 4 is 17.7 Å². The maximum atomic E-state index is 12.0. The third-order valence-electron chi connectivity index (χ3n) is 5.31. The fourth-order valence-electron chi connectivity index (χ4n) is 3.67. The van der Waals surface area contributed by atoms with Gasteiger partial charge in [-0.05, 0) is 39.5 Å². The Bertz CT molecular complexity index is 583. The van der Waals surface area contributed by atoms with Crippen LogP contribution in [0.2, 0.25) is 0 Å². The molecule has 3 rings (SSSR count). The first-order valence-electron chi connectivity index (χ1n) is 9.13. The van der Waals surface area contributed by atoms with Crippen LogP contribution < -0.4 is 5.32 Å². The molecular weight excluding hydrogens is 338 g/mol. The first-order valence-corrected chi connectivity index (χ1v) is 10.1. The number of nitrogens with zero attached hydrogens (tertiary/aromatic N) is 4. The minimum Gasteiger partial charge on any atom is -0.370 e. The molecule has 1 aromatic heterocycles. The third-order valence-corrected chi connectivity index (χ3v) is 6.34. The van der Waals surface area contributed by atoms with E-state index >= 15 is 0 Å². The molecule has 140 valence electrons. The molecule has 1 amide bonds. The van der Waals surface area contributed by atoms with E-state index in [1.54, 1.807) is 6.33 Å². The Morgan fingerprint density at radius 3 is 2.84 bits per heavy atom. The summed E-state index contributed by atoms with van der Waals surface area (Å²) in [5, 5.41) is 11.5. The molecule has 1 N–H and O–H groups in total. The van der Waals surface area contributed by atoms with Crippen LogP contribution in [0, 0.1) is 0 Å². The predicted octanol–water partition coefficient (Wildman–Crippen LogP) is 1.45. The topological polar surface area (TPSA) is 72.3 Å². The highest BCUT2D eigenvalue weighted by molar-refractivity contribution is 7.99. The number of rotatable bonds is 6. The van der Waals surface area contributed by atoms with E-state index in [4.69, 9.17) is 4.74 Å². The molecule has 0 radical (unpaired) electrons. The van der Waals surface area contributed by atoms with Crippen molar-refractivity contribution in [2.24, 2.45) is 7.05 Å².